The van der Waals surface area contributed by atoms with Crippen LogP contribution in [0.25, 0.3) is 0 Å². The second-order valence-electron chi connectivity index (χ2n) is 7.93. The molecule has 1 saturated heterocycles. The summed E-state index contributed by atoms with van der Waals surface area (Å²) in [6, 6.07) is 16.9. The van der Waals surface area contributed by atoms with Crippen LogP contribution in [0.1, 0.15) is 22.5 Å². The Hall–Kier alpha value is -3.83. The Balaban J connectivity index is 1.70. The van der Waals surface area contributed by atoms with Gasteiger partial charge in [-0.1, -0.05) is 30.0 Å². The molecule has 8 heteroatoms. The van der Waals surface area contributed by atoms with Crippen molar-refractivity contribution in [2.75, 3.05) is 4.90 Å². The molecular weight excluding hydrogens is 453 g/mol. The Morgan fingerprint density at radius 1 is 1.18 bits per heavy atom. The number of carbonyl (C=O) groups excluding carboxylic acids is 2. The molecule has 2 heterocycles. The standard InChI is InChI=1S/C26H22FN3O3S/c1-16-5-10-20(12-17(16)2)30-25(32)23(13-18-6-8-19(27)9-7-18)34-26(30)22(14-28)24(31)29-15-21-4-3-11-33-21/h3-12,23H,13,15H2,1-2H3,(H,29,31)/b26-22-. The minimum absolute atomic E-state index is 0.117. The van der Waals surface area contributed by atoms with Crippen molar-refractivity contribution in [1.82, 2.24) is 5.32 Å². The smallest absolute Gasteiger partial charge is 0.265 e. The topological polar surface area (TPSA) is 86.3 Å². The Kier molecular flexibility index (Phi) is 6.85. The molecular formula is C26H22FN3O3S. The molecule has 1 aromatic heterocycles. The highest BCUT2D eigenvalue weighted by molar-refractivity contribution is 8.05. The number of rotatable bonds is 6. The molecule has 1 atom stereocenters. The number of anilines is 1. The van der Waals surface area contributed by atoms with Crippen LogP contribution in [0.15, 0.2) is 75.9 Å². The highest BCUT2D eigenvalue weighted by Gasteiger charge is 2.40. The highest BCUT2D eigenvalue weighted by atomic mass is 32.2. The van der Waals surface area contributed by atoms with Gasteiger partial charge in [0.1, 0.15) is 28.2 Å². The van der Waals surface area contributed by atoms with E-state index in [1.807, 2.05) is 32.0 Å². The van der Waals surface area contributed by atoms with Gasteiger partial charge in [-0.3, -0.25) is 14.5 Å². The molecule has 1 unspecified atom stereocenters. The number of nitriles is 1. The zero-order chi connectivity index (χ0) is 24.2. The summed E-state index contributed by atoms with van der Waals surface area (Å²) in [5.74, 6) is -0.637. The highest BCUT2D eigenvalue weighted by Crippen LogP contribution is 2.42. The fraction of sp³-hybridized carbons (Fsp3) is 0.192. The Morgan fingerprint density at radius 2 is 1.94 bits per heavy atom. The average Bonchev–Trinajstić information content (AvgIpc) is 3.45. The van der Waals surface area contributed by atoms with Crippen molar-refractivity contribution in [3.8, 4) is 6.07 Å². The van der Waals surface area contributed by atoms with Crippen LogP contribution >= 0.6 is 11.8 Å². The molecule has 1 fully saturated rings. The third-order valence-electron chi connectivity index (χ3n) is 5.59. The number of thioether (sulfide) groups is 1. The molecule has 6 nitrogen and oxygen atoms in total. The predicted octanol–water partition coefficient (Wildman–Crippen LogP) is 4.78. The second-order valence-corrected chi connectivity index (χ2v) is 9.12. The van der Waals surface area contributed by atoms with E-state index in [0.717, 1.165) is 16.7 Å². The van der Waals surface area contributed by atoms with E-state index in [2.05, 4.69) is 5.32 Å². The second kappa shape index (κ2) is 9.98. The van der Waals surface area contributed by atoms with Gasteiger partial charge in [-0.15, -0.1) is 0 Å². The summed E-state index contributed by atoms with van der Waals surface area (Å²) < 4.78 is 18.6. The number of hydrogen-bond donors (Lipinski definition) is 1. The summed E-state index contributed by atoms with van der Waals surface area (Å²) >= 11 is 1.17. The number of nitrogens with zero attached hydrogens (tertiary/aromatic N) is 2. The molecule has 2 amide bonds. The van der Waals surface area contributed by atoms with Crippen LogP contribution in [0, 0.1) is 31.0 Å². The quantitative estimate of drug-likeness (QED) is 0.410. The number of halogens is 1. The summed E-state index contributed by atoms with van der Waals surface area (Å²) in [5, 5.41) is 12.3. The van der Waals surface area contributed by atoms with Crippen LogP contribution in [0.3, 0.4) is 0 Å². The van der Waals surface area contributed by atoms with Crippen LogP contribution < -0.4 is 10.2 Å². The first-order chi connectivity index (χ1) is 16.4. The van der Waals surface area contributed by atoms with Gasteiger partial charge < -0.3 is 9.73 Å². The third-order valence-corrected chi connectivity index (χ3v) is 6.85. The molecule has 1 N–H and O–H groups in total. The van der Waals surface area contributed by atoms with Crippen molar-refractivity contribution < 1.29 is 18.4 Å². The Morgan fingerprint density at radius 3 is 2.59 bits per heavy atom. The lowest BCUT2D eigenvalue weighted by Gasteiger charge is -2.20. The summed E-state index contributed by atoms with van der Waals surface area (Å²) in [6.07, 6.45) is 1.83. The largest absolute Gasteiger partial charge is 0.467 e. The van der Waals surface area contributed by atoms with Crippen molar-refractivity contribution in [1.29, 1.82) is 5.26 Å². The molecule has 0 bridgehead atoms. The lowest BCUT2D eigenvalue weighted by atomic mass is 10.1. The monoisotopic (exact) mass is 475 g/mol. The number of aryl methyl sites for hydroxylation is 2. The molecule has 3 aromatic rings. The Labute approximate surface area is 201 Å². The number of carbonyl (C=O) groups is 2. The van der Waals surface area contributed by atoms with Crippen LogP contribution in [-0.4, -0.2) is 17.1 Å². The van der Waals surface area contributed by atoms with E-state index >= 15 is 0 Å². The van der Waals surface area contributed by atoms with Gasteiger partial charge in [0.2, 0.25) is 5.91 Å². The normalized spacial score (nSPS) is 16.9. The number of amides is 2. The first kappa shape index (κ1) is 23.3. The molecule has 0 aliphatic carbocycles. The van der Waals surface area contributed by atoms with Gasteiger partial charge >= 0.3 is 0 Å². The summed E-state index contributed by atoms with van der Waals surface area (Å²) in [4.78, 5) is 27.9. The molecule has 4 rings (SSSR count). The maximum Gasteiger partial charge on any atom is 0.265 e. The van der Waals surface area contributed by atoms with Gasteiger partial charge in [0.15, 0.2) is 0 Å². The van der Waals surface area contributed by atoms with E-state index in [0.29, 0.717) is 17.9 Å². The van der Waals surface area contributed by atoms with E-state index in [1.165, 1.54) is 35.1 Å². The van der Waals surface area contributed by atoms with E-state index in [1.54, 1.807) is 30.3 Å². The average molecular weight is 476 g/mol. The van der Waals surface area contributed by atoms with Crippen LogP contribution in [0.2, 0.25) is 0 Å². The van der Waals surface area contributed by atoms with Crippen molar-refractivity contribution in [2.45, 2.75) is 32.1 Å². The maximum atomic E-state index is 13.5. The maximum absolute atomic E-state index is 13.5. The minimum Gasteiger partial charge on any atom is -0.467 e. The Bertz CT molecular complexity index is 1290. The van der Waals surface area contributed by atoms with Crippen LogP contribution in [-0.2, 0) is 22.6 Å². The molecule has 0 saturated carbocycles. The summed E-state index contributed by atoms with van der Waals surface area (Å²) in [7, 11) is 0. The number of furan rings is 1. The lowest BCUT2D eigenvalue weighted by Crippen LogP contribution is -2.32. The third kappa shape index (κ3) is 4.90. The zero-order valence-corrected chi connectivity index (χ0v) is 19.5. The lowest BCUT2D eigenvalue weighted by molar-refractivity contribution is -0.117. The van der Waals surface area contributed by atoms with Crippen molar-refractivity contribution in [2.24, 2.45) is 0 Å². The van der Waals surface area contributed by atoms with Gasteiger partial charge in [0.25, 0.3) is 5.91 Å². The van der Waals surface area contributed by atoms with Gasteiger partial charge in [0, 0.05) is 5.69 Å². The van der Waals surface area contributed by atoms with Crippen molar-refractivity contribution in [3.05, 3.63) is 99.7 Å². The van der Waals surface area contributed by atoms with Crippen molar-refractivity contribution >= 4 is 29.3 Å². The van der Waals surface area contributed by atoms with E-state index < -0.39 is 11.2 Å². The fourth-order valence-corrected chi connectivity index (χ4v) is 4.90. The SMILES string of the molecule is Cc1ccc(N2C(=O)C(Cc3ccc(F)cc3)S/C2=C(/C#N)C(=O)NCc2ccco2)cc1C. The zero-order valence-electron chi connectivity index (χ0n) is 18.7. The minimum atomic E-state index is -0.592. The first-order valence-corrected chi connectivity index (χ1v) is 11.5. The van der Waals surface area contributed by atoms with Gasteiger partial charge in [0.05, 0.1) is 18.1 Å². The fourth-order valence-electron chi connectivity index (χ4n) is 3.59. The van der Waals surface area contributed by atoms with Gasteiger partial charge in [-0.25, -0.2) is 4.39 Å². The van der Waals surface area contributed by atoms with E-state index in [4.69, 9.17) is 4.42 Å². The van der Waals surface area contributed by atoms with Gasteiger partial charge in [-0.05, 0) is 73.4 Å². The van der Waals surface area contributed by atoms with Crippen molar-refractivity contribution in [3.63, 3.8) is 0 Å². The summed E-state index contributed by atoms with van der Waals surface area (Å²) in [6.45, 7) is 4.02. The summed E-state index contributed by atoms with van der Waals surface area (Å²) in [5.41, 5.74) is 3.27. The molecule has 34 heavy (non-hydrogen) atoms. The molecule has 1 aliphatic rings. The number of hydrogen-bond acceptors (Lipinski definition) is 5. The molecule has 0 spiro atoms. The predicted molar refractivity (Wildman–Crippen MR) is 128 cm³/mol. The van der Waals surface area contributed by atoms with Crippen LogP contribution in [0.5, 0.6) is 0 Å². The number of nitrogens with one attached hydrogen (secondary N) is 1. The molecule has 2 aromatic carbocycles. The van der Waals surface area contributed by atoms with Gasteiger partial charge in [-0.2, -0.15) is 5.26 Å². The number of benzene rings is 2. The molecule has 1 aliphatic heterocycles. The molecule has 0 radical (unpaired) electrons. The first-order valence-electron chi connectivity index (χ1n) is 10.6. The van der Waals surface area contributed by atoms with E-state index in [-0.39, 0.29) is 28.9 Å². The van der Waals surface area contributed by atoms with E-state index in [9.17, 15) is 19.2 Å². The molecule has 172 valence electrons. The van der Waals surface area contributed by atoms with Crippen LogP contribution in [0.4, 0.5) is 10.1 Å².